The number of methoxy groups -OCH3 is 1. The normalized spacial score (nSPS) is 15.8. The van der Waals surface area contributed by atoms with Crippen LogP contribution in [0.15, 0.2) is 24.7 Å². The van der Waals surface area contributed by atoms with E-state index in [2.05, 4.69) is 25.7 Å². The van der Waals surface area contributed by atoms with Crippen molar-refractivity contribution < 1.29 is 14.3 Å². The summed E-state index contributed by atoms with van der Waals surface area (Å²) >= 11 is 0. The predicted octanol–water partition coefficient (Wildman–Crippen LogP) is -0.596. The second-order valence-corrected chi connectivity index (χ2v) is 5.42. The molecule has 0 aliphatic carbocycles. The van der Waals surface area contributed by atoms with Crippen LogP contribution in [0.1, 0.15) is 26.7 Å². The Morgan fingerprint density at radius 3 is 2.92 bits per heavy atom. The fraction of sp³-hybridized carbons (Fsp3) is 0.400. The molecule has 0 fully saturated rings. The molecule has 3 heterocycles. The second kappa shape index (κ2) is 7.18. The van der Waals surface area contributed by atoms with Crippen molar-refractivity contribution in [2.24, 2.45) is 0 Å². The highest BCUT2D eigenvalue weighted by Gasteiger charge is 2.26. The summed E-state index contributed by atoms with van der Waals surface area (Å²) in [5, 5.41) is 9.91. The first-order valence-corrected chi connectivity index (χ1v) is 7.58. The molecule has 2 N–H and O–H groups in total. The average Bonchev–Trinajstić information content (AvgIpc) is 3.14. The third-order valence-electron chi connectivity index (χ3n) is 3.67. The summed E-state index contributed by atoms with van der Waals surface area (Å²) in [7, 11) is 1.58. The van der Waals surface area contributed by atoms with Crippen LogP contribution in [-0.2, 0) is 17.7 Å². The lowest BCUT2D eigenvalue weighted by Crippen LogP contribution is -2.36. The van der Waals surface area contributed by atoms with Crippen LogP contribution in [0.25, 0.3) is 0 Å². The molecule has 3 rings (SSSR count). The molecule has 0 saturated carbocycles. The van der Waals surface area contributed by atoms with Crippen molar-refractivity contribution in [2.75, 3.05) is 20.3 Å². The maximum atomic E-state index is 12.1. The van der Waals surface area contributed by atoms with Gasteiger partial charge in [-0.15, -0.1) is 0 Å². The van der Waals surface area contributed by atoms with E-state index in [4.69, 9.17) is 4.74 Å². The van der Waals surface area contributed by atoms with E-state index in [1.807, 2.05) is 0 Å². The molecule has 126 valence electrons. The van der Waals surface area contributed by atoms with E-state index in [-0.39, 0.29) is 23.6 Å². The van der Waals surface area contributed by atoms with Gasteiger partial charge in [0.15, 0.2) is 0 Å². The molecule has 0 radical (unpaired) electrons. The number of aromatic nitrogens is 4. The Kier molecular flexibility index (Phi) is 4.80. The highest BCUT2D eigenvalue weighted by atomic mass is 16.5. The number of amides is 2. The molecule has 0 unspecified atom stereocenters. The van der Waals surface area contributed by atoms with Crippen LogP contribution in [0, 0.1) is 0 Å². The molecule has 1 atom stereocenters. The number of carbonyl (C=O) groups excluding carboxylic acids is 2. The molecule has 1 aliphatic heterocycles. The summed E-state index contributed by atoms with van der Waals surface area (Å²) in [6, 6.07) is 1.67. The zero-order chi connectivity index (χ0) is 16.9. The van der Waals surface area contributed by atoms with Gasteiger partial charge >= 0.3 is 0 Å². The summed E-state index contributed by atoms with van der Waals surface area (Å²) in [6.07, 6.45) is 5.03. The van der Waals surface area contributed by atoms with E-state index >= 15 is 0 Å². The molecule has 24 heavy (non-hydrogen) atoms. The largest absolute Gasteiger partial charge is 0.383 e. The standard InChI is InChI=1S/C15H18N6O3/c1-24-5-4-18-14(22)12-7-11-6-10(9-21(11)20-12)19-15(23)13-8-16-2-3-17-13/h2-3,7-8,10H,4-6,9H2,1H3,(H,18,22)(H,19,23)/t10-/m0/s1. The SMILES string of the molecule is COCCNC(=O)c1cc2n(n1)C[C@@H](NC(=O)c1cnccn1)C2. The molecule has 2 amide bonds. The van der Waals surface area contributed by atoms with E-state index in [1.165, 1.54) is 18.6 Å². The Morgan fingerprint density at radius 2 is 2.21 bits per heavy atom. The third-order valence-corrected chi connectivity index (χ3v) is 3.67. The lowest BCUT2D eigenvalue weighted by molar-refractivity contribution is 0.0919. The van der Waals surface area contributed by atoms with Crippen molar-refractivity contribution in [1.29, 1.82) is 0 Å². The van der Waals surface area contributed by atoms with Gasteiger partial charge in [0.05, 0.1) is 25.4 Å². The van der Waals surface area contributed by atoms with Gasteiger partial charge in [0.2, 0.25) is 0 Å². The van der Waals surface area contributed by atoms with Crippen molar-refractivity contribution in [3.63, 3.8) is 0 Å². The molecule has 2 aromatic heterocycles. The summed E-state index contributed by atoms with van der Waals surface area (Å²) in [6.45, 7) is 1.41. The van der Waals surface area contributed by atoms with Gasteiger partial charge in [-0.2, -0.15) is 5.10 Å². The van der Waals surface area contributed by atoms with Crippen LogP contribution < -0.4 is 10.6 Å². The predicted molar refractivity (Wildman–Crippen MR) is 83.4 cm³/mol. The number of hydrogen-bond acceptors (Lipinski definition) is 6. The fourth-order valence-corrected chi connectivity index (χ4v) is 2.54. The lowest BCUT2D eigenvalue weighted by atomic mass is 10.2. The van der Waals surface area contributed by atoms with Crippen LogP contribution in [0.5, 0.6) is 0 Å². The maximum Gasteiger partial charge on any atom is 0.271 e. The zero-order valence-electron chi connectivity index (χ0n) is 13.2. The molecular formula is C15H18N6O3. The van der Waals surface area contributed by atoms with Crippen molar-refractivity contribution in [3.8, 4) is 0 Å². The van der Waals surface area contributed by atoms with Gasteiger partial charge in [0.1, 0.15) is 11.4 Å². The first-order chi connectivity index (χ1) is 11.7. The number of nitrogens with one attached hydrogen (secondary N) is 2. The number of rotatable bonds is 6. The molecule has 0 saturated heterocycles. The molecule has 1 aliphatic rings. The minimum absolute atomic E-state index is 0.0763. The molecular weight excluding hydrogens is 312 g/mol. The van der Waals surface area contributed by atoms with Gasteiger partial charge < -0.3 is 15.4 Å². The molecule has 0 aromatic carbocycles. The van der Waals surface area contributed by atoms with Crippen LogP contribution >= 0.6 is 0 Å². The van der Waals surface area contributed by atoms with Crippen LogP contribution in [0.2, 0.25) is 0 Å². The molecule has 0 bridgehead atoms. The van der Waals surface area contributed by atoms with E-state index in [9.17, 15) is 9.59 Å². The summed E-state index contributed by atoms with van der Waals surface area (Å²) in [5.74, 6) is -0.495. The Balaban J connectivity index is 1.55. The summed E-state index contributed by atoms with van der Waals surface area (Å²) in [5.41, 5.74) is 1.57. The highest BCUT2D eigenvalue weighted by Crippen LogP contribution is 2.16. The topological polar surface area (TPSA) is 111 Å². The molecule has 9 nitrogen and oxygen atoms in total. The quantitative estimate of drug-likeness (QED) is 0.685. The van der Waals surface area contributed by atoms with E-state index in [0.29, 0.717) is 31.8 Å². The van der Waals surface area contributed by atoms with Gasteiger partial charge in [-0.1, -0.05) is 0 Å². The molecule has 0 spiro atoms. The fourth-order valence-electron chi connectivity index (χ4n) is 2.54. The Hall–Kier alpha value is -2.81. The van der Waals surface area contributed by atoms with Crippen LogP contribution in [0.4, 0.5) is 0 Å². The number of fused-ring (bicyclic) bond motifs is 1. The van der Waals surface area contributed by atoms with E-state index < -0.39 is 0 Å². The third kappa shape index (κ3) is 3.57. The van der Waals surface area contributed by atoms with Crippen molar-refractivity contribution in [3.05, 3.63) is 41.7 Å². The van der Waals surface area contributed by atoms with E-state index in [1.54, 1.807) is 17.9 Å². The van der Waals surface area contributed by atoms with Gasteiger partial charge in [-0.3, -0.25) is 19.3 Å². The summed E-state index contributed by atoms with van der Waals surface area (Å²) < 4.78 is 6.63. The smallest absolute Gasteiger partial charge is 0.271 e. The number of nitrogens with zero attached hydrogens (tertiary/aromatic N) is 4. The van der Waals surface area contributed by atoms with Gasteiger partial charge in [0.25, 0.3) is 11.8 Å². The summed E-state index contributed by atoms with van der Waals surface area (Å²) in [4.78, 5) is 31.9. The monoisotopic (exact) mass is 330 g/mol. The van der Waals surface area contributed by atoms with Crippen LogP contribution in [-0.4, -0.2) is 57.9 Å². The number of carbonyl (C=O) groups is 2. The lowest BCUT2D eigenvalue weighted by Gasteiger charge is -2.11. The first-order valence-electron chi connectivity index (χ1n) is 7.58. The minimum Gasteiger partial charge on any atom is -0.383 e. The van der Waals surface area contributed by atoms with Gasteiger partial charge in [-0.25, -0.2) is 4.98 Å². The van der Waals surface area contributed by atoms with Gasteiger partial charge in [0, 0.05) is 38.2 Å². The molecule has 2 aromatic rings. The zero-order valence-corrected chi connectivity index (χ0v) is 13.2. The van der Waals surface area contributed by atoms with Crippen molar-refractivity contribution in [1.82, 2.24) is 30.4 Å². The Morgan fingerprint density at radius 1 is 1.33 bits per heavy atom. The van der Waals surface area contributed by atoms with Crippen molar-refractivity contribution in [2.45, 2.75) is 19.0 Å². The van der Waals surface area contributed by atoms with Crippen molar-refractivity contribution >= 4 is 11.8 Å². The maximum absolute atomic E-state index is 12.1. The highest BCUT2D eigenvalue weighted by molar-refractivity contribution is 5.93. The minimum atomic E-state index is -0.267. The second-order valence-electron chi connectivity index (χ2n) is 5.42. The average molecular weight is 330 g/mol. The Labute approximate surface area is 138 Å². The first kappa shape index (κ1) is 16.1. The van der Waals surface area contributed by atoms with E-state index in [0.717, 1.165) is 5.69 Å². The van der Waals surface area contributed by atoms with Crippen LogP contribution in [0.3, 0.4) is 0 Å². The number of ether oxygens (including phenoxy) is 1. The number of hydrogen-bond donors (Lipinski definition) is 2. The molecule has 9 heteroatoms. The van der Waals surface area contributed by atoms with Gasteiger partial charge in [-0.05, 0) is 6.07 Å². The Bertz CT molecular complexity index is 707.